The van der Waals surface area contributed by atoms with Crippen LogP contribution in [0.4, 0.5) is 5.82 Å². The number of aromatic amines is 1. The van der Waals surface area contributed by atoms with Crippen LogP contribution in [-0.4, -0.2) is 47.8 Å². The first-order valence-corrected chi connectivity index (χ1v) is 8.18. The van der Waals surface area contributed by atoms with Gasteiger partial charge in [-0.15, -0.1) is 0 Å². The summed E-state index contributed by atoms with van der Waals surface area (Å²) in [7, 11) is 0. The Hall–Kier alpha value is -2.71. The minimum atomic E-state index is -0.790. The van der Waals surface area contributed by atoms with Gasteiger partial charge in [0.15, 0.2) is 0 Å². The Bertz CT molecular complexity index is 684. The molecule has 1 saturated heterocycles. The average molecular weight is 343 g/mol. The number of anilines is 1. The van der Waals surface area contributed by atoms with Crippen molar-refractivity contribution < 1.29 is 14.3 Å². The SMILES string of the molecule is O=C(CC1COCCN1)NC(C(=O)Nc1ccn[nH]1)c1ccccc1. The molecule has 2 unspecified atom stereocenters. The van der Waals surface area contributed by atoms with Crippen molar-refractivity contribution in [2.24, 2.45) is 0 Å². The highest BCUT2D eigenvalue weighted by Gasteiger charge is 2.25. The lowest BCUT2D eigenvalue weighted by atomic mass is 10.1. The number of benzene rings is 1. The summed E-state index contributed by atoms with van der Waals surface area (Å²) in [6, 6.07) is 9.94. The lowest BCUT2D eigenvalue weighted by molar-refractivity contribution is -0.127. The molecule has 3 rings (SSSR count). The molecule has 4 N–H and O–H groups in total. The molecule has 2 aromatic rings. The van der Waals surface area contributed by atoms with E-state index >= 15 is 0 Å². The fourth-order valence-electron chi connectivity index (χ4n) is 2.67. The van der Waals surface area contributed by atoms with Crippen LogP contribution < -0.4 is 16.0 Å². The van der Waals surface area contributed by atoms with Crippen LogP contribution >= 0.6 is 0 Å². The second kappa shape index (κ2) is 8.41. The third-order valence-corrected chi connectivity index (χ3v) is 3.89. The van der Waals surface area contributed by atoms with E-state index in [-0.39, 0.29) is 24.3 Å². The molecular formula is C17H21N5O3. The number of carbonyl (C=O) groups excluding carboxylic acids is 2. The quantitative estimate of drug-likeness (QED) is 0.614. The Balaban J connectivity index is 1.67. The van der Waals surface area contributed by atoms with Crippen LogP contribution in [0.2, 0.25) is 0 Å². The molecule has 0 bridgehead atoms. The van der Waals surface area contributed by atoms with Crippen molar-refractivity contribution in [3.05, 3.63) is 48.2 Å². The predicted octanol–water partition coefficient (Wildman–Crippen LogP) is 0.584. The Kier molecular flexibility index (Phi) is 5.76. The van der Waals surface area contributed by atoms with Crippen LogP contribution in [0.15, 0.2) is 42.6 Å². The number of nitrogens with zero attached hydrogens (tertiary/aromatic N) is 1. The molecule has 1 aromatic heterocycles. The lowest BCUT2D eigenvalue weighted by Crippen LogP contribution is -2.45. The highest BCUT2D eigenvalue weighted by Crippen LogP contribution is 2.15. The molecule has 0 spiro atoms. The first-order chi connectivity index (χ1) is 12.2. The second-order valence-electron chi connectivity index (χ2n) is 5.80. The number of morpholine rings is 1. The summed E-state index contributed by atoms with van der Waals surface area (Å²) < 4.78 is 5.36. The van der Waals surface area contributed by atoms with Crippen molar-refractivity contribution >= 4 is 17.6 Å². The van der Waals surface area contributed by atoms with E-state index in [2.05, 4.69) is 26.1 Å². The number of aromatic nitrogens is 2. The molecule has 0 radical (unpaired) electrons. The minimum Gasteiger partial charge on any atom is -0.378 e. The van der Waals surface area contributed by atoms with Gasteiger partial charge in [0.2, 0.25) is 5.91 Å². The Morgan fingerprint density at radius 2 is 2.12 bits per heavy atom. The first-order valence-electron chi connectivity index (χ1n) is 8.18. The van der Waals surface area contributed by atoms with Gasteiger partial charge in [-0.1, -0.05) is 30.3 Å². The molecule has 8 nitrogen and oxygen atoms in total. The molecule has 1 fully saturated rings. The number of rotatable bonds is 6. The molecule has 1 aliphatic heterocycles. The number of hydrogen-bond acceptors (Lipinski definition) is 5. The van der Waals surface area contributed by atoms with Gasteiger partial charge in [0.25, 0.3) is 5.91 Å². The number of H-pyrrole nitrogens is 1. The summed E-state index contributed by atoms with van der Waals surface area (Å²) >= 11 is 0. The number of nitrogens with one attached hydrogen (secondary N) is 4. The first kappa shape index (κ1) is 17.1. The summed E-state index contributed by atoms with van der Waals surface area (Å²) in [6.45, 7) is 1.86. The van der Waals surface area contributed by atoms with Crippen LogP contribution in [0.3, 0.4) is 0 Å². The van der Waals surface area contributed by atoms with Crippen molar-refractivity contribution in [2.45, 2.75) is 18.5 Å². The van der Waals surface area contributed by atoms with Crippen molar-refractivity contribution in [3.63, 3.8) is 0 Å². The van der Waals surface area contributed by atoms with Crippen molar-refractivity contribution in [1.29, 1.82) is 0 Å². The number of hydrogen-bond donors (Lipinski definition) is 4. The number of ether oxygens (including phenoxy) is 1. The van der Waals surface area contributed by atoms with E-state index in [0.717, 1.165) is 6.54 Å². The highest BCUT2D eigenvalue weighted by molar-refractivity contribution is 5.97. The van der Waals surface area contributed by atoms with E-state index in [1.165, 1.54) is 0 Å². The monoisotopic (exact) mass is 343 g/mol. The normalized spacial score (nSPS) is 18.3. The van der Waals surface area contributed by atoms with Gasteiger partial charge in [-0.25, -0.2) is 0 Å². The van der Waals surface area contributed by atoms with Crippen LogP contribution in [-0.2, 0) is 14.3 Å². The maximum absolute atomic E-state index is 12.6. The molecule has 1 aromatic carbocycles. The zero-order valence-corrected chi connectivity index (χ0v) is 13.7. The smallest absolute Gasteiger partial charge is 0.252 e. The van der Waals surface area contributed by atoms with Gasteiger partial charge >= 0.3 is 0 Å². The largest absolute Gasteiger partial charge is 0.378 e. The maximum atomic E-state index is 12.6. The van der Waals surface area contributed by atoms with Crippen molar-refractivity contribution in [3.8, 4) is 0 Å². The molecular weight excluding hydrogens is 322 g/mol. The minimum absolute atomic E-state index is 0.0409. The van der Waals surface area contributed by atoms with Crippen LogP contribution in [0.25, 0.3) is 0 Å². The molecule has 2 heterocycles. The Morgan fingerprint density at radius 3 is 2.80 bits per heavy atom. The van der Waals surface area contributed by atoms with Crippen molar-refractivity contribution in [2.75, 3.05) is 25.1 Å². The van der Waals surface area contributed by atoms with Gasteiger partial charge in [-0.05, 0) is 5.56 Å². The molecule has 25 heavy (non-hydrogen) atoms. The summed E-state index contributed by atoms with van der Waals surface area (Å²) in [5.74, 6) is -0.0733. The van der Waals surface area contributed by atoms with Crippen LogP contribution in [0.5, 0.6) is 0 Å². The van der Waals surface area contributed by atoms with Crippen LogP contribution in [0.1, 0.15) is 18.0 Å². The molecule has 2 amide bonds. The zero-order valence-electron chi connectivity index (χ0n) is 13.7. The van der Waals surface area contributed by atoms with Crippen LogP contribution in [0, 0.1) is 0 Å². The molecule has 0 saturated carbocycles. The fourth-order valence-corrected chi connectivity index (χ4v) is 2.67. The fraction of sp³-hybridized carbons (Fsp3) is 0.353. The summed E-state index contributed by atoms with van der Waals surface area (Å²) in [6.07, 6.45) is 1.79. The van der Waals surface area contributed by atoms with E-state index in [0.29, 0.717) is 24.6 Å². The third-order valence-electron chi connectivity index (χ3n) is 3.89. The molecule has 1 aliphatic rings. The second-order valence-corrected chi connectivity index (χ2v) is 5.80. The molecule has 132 valence electrons. The van der Waals surface area contributed by atoms with E-state index < -0.39 is 6.04 Å². The third kappa shape index (κ3) is 4.88. The highest BCUT2D eigenvalue weighted by atomic mass is 16.5. The van der Waals surface area contributed by atoms with E-state index in [9.17, 15) is 9.59 Å². The Morgan fingerprint density at radius 1 is 1.28 bits per heavy atom. The van der Waals surface area contributed by atoms with E-state index in [1.807, 2.05) is 18.2 Å². The zero-order chi connectivity index (χ0) is 17.5. The molecule has 0 aliphatic carbocycles. The van der Waals surface area contributed by atoms with E-state index in [4.69, 9.17) is 4.74 Å². The number of amides is 2. The standard InChI is InChI=1S/C17H21N5O3/c23-15(10-13-11-25-9-8-18-13)21-16(12-4-2-1-3-5-12)17(24)20-14-6-7-19-22-14/h1-7,13,16,18H,8-11H2,(H,21,23)(H2,19,20,22,24). The molecule has 8 heteroatoms. The molecule has 2 atom stereocenters. The van der Waals surface area contributed by atoms with Gasteiger partial charge in [0, 0.05) is 25.1 Å². The summed E-state index contributed by atoms with van der Waals surface area (Å²) in [4.78, 5) is 25.0. The van der Waals surface area contributed by atoms with E-state index in [1.54, 1.807) is 24.4 Å². The summed E-state index contributed by atoms with van der Waals surface area (Å²) in [5.41, 5.74) is 0.709. The maximum Gasteiger partial charge on any atom is 0.252 e. The van der Waals surface area contributed by atoms with Gasteiger partial charge in [-0.2, -0.15) is 5.10 Å². The van der Waals surface area contributed by atoms with Crippen molar-refractivity contribution in [1.82, 2.24) is 20.8 Å². The van der Waals surface area contributed by atoms with Gasteiger partial charge < -0.3 is 20.7 Å². The summed E-state index contributed by atoms with van der Waals surface area (Å²) in [5, 5.41) is 15.2. The average Bonchev–Trinajstić information content (AvgIpc) is 3.14. The topological polar surface area (TPSA) is 108 Å². The lowest BCUT2D eigenvalue weighted by Gasteiger charge is -2.24. The van der Waals surface area contributed by atoms with Gasteiger partial charge in [0.1, 0.15) is 11.9 Å². The van der Waals surface area contributed by atoms with Gasteiger partial charge in [0.05, 0.1) is 19.4 Å². The Labute approximate surface area is 145 Å². The number of carbonyl (C=O) groups is 2. The van der Waals surface area contributed by atoms with Gasteiger partial charge in [-0.3, -0.25) is 14.7 Å². The predicted molar refractivity (Wildman–Crippen MR) is 91.8 cm³/mol.